The van der Waals surface area contributed by atoms with Gasteiger partial charge in [-0.2, -0.15) is 10.1 Å². The summed E-state index contributed by atoms with van der Waals surface area (Å²) >= 11 is 1.06. The van der Waals surface area contributed by atoms with Crippen LogP contribution in [-0.4, -0.2) is 57.5 Å². The maximum absolute atomic E-state index is 15.9. The summed E-state index contributed by atoms with van der Waals surface area (Å²) in [6.45, 7) is 3.62. The molecule has 0 amide bonds. The molecule has 0 saturated carbocycles. The van der Waals surface area contributed by atoms with Gasteiger partial charge < -0.3 is 19.7 Å². The van der Waals surface area contributed by atoms with Gasteiger partial charge in [-0.1, -0.05) is 25.1 Å². The highest BCUT2D eigenvalue weighted by atomic mass is 32.2. The van der Waals surface area contributed by atoms with Crippen LogP contribution in [0.1, 0.15) is 26.1 Å². The zero-order valence-electron chi connectivity index (χ0n) is 19.9. The zero-order valence-corrected chi connectivity index (χ0v) is 21.6. The molecule has 0 aliphatic carbocycles. The summed E-state index contributed by atoms with van der Waals surface area (Å²) < 4.78 is 47.5. The zero-order chi connectivity index (χ0) is 26.1. The normalized spacial score (nSPS) is 35.1. The molecule has 0 spiro atoms. The number of nitrogens with one attached hydrogen (secondary N) is 2. The molecule has 1 fully saturated rings. The van der Waals surface area contributed by atoms with E-state index in [0.29, 0.717) is 0 Å². The molecule has 1 saturated heterocycles. The highest BCUT2D eigenvalue weighted by Crippen LogP contribution is 2.56. The number of anilines is 1. The van der Waals surface area contributed by atoms with Crippen LogP contribution in [0.2, 0.25) is 0 Å². The van der Waals surface area contributed by atoms with Crippen molar-refractivity contribution in [2.45, 2.75) is 49.8 Å². The quantitative estimate of drug-likeness (QED) is 0.389. The predicted molar refractivity (Wildman–Crippen MR) is 131 cm³/mol. The molecule has 0 radical (unpaired) electrons. The Balaban J connectivity index is 1.73. The van der Waals surface area contributed by atoms with Crippen molar-refractivity contribution in [2.24, 2.45) is 5.41 Å². The maximum Gasteiger partial charge on any atom is 0.459 e. The van der Waals surface area contributed by atoms with E-state index in [1.165, 1.54) is 33.0 Å². The van der Waals surface area contributed by atoms with Crippen LogP contribution in [0.3, 0.4) is 0 Å². The summed E-state index contributed by atoms with van der Waals surface area (Å²) in [7, 11) is -4.26. The molecule has 5 rings (SSSR count). The average Bonchev–Trinajstić information content (AvgIpc) is 3.08. The number of rotatable bonds is 3. The highest BCUT2D eigenvalue weighted by molar-refractivity contribution is 8.00. The summed E-state index contributed by atoms with van der Waals surface area (Å²) in [4.78, 5) is 29.3. The van der Waals surface area contributed by atoms with Crippen LogP contribution < -0.4 is 20.6 Å². The molecule has 3 N–H and O–H groups in total. The monoisotopic (exact) mass is 542 g/mol. The minimum Gasteiger partial charge on any atom is -0.441 e. The lowest BCUT2D eigenvalue weighted by Crippen LogP contribution is -2.43. The number of alkyl halides is 1. The fourth-order valence-electron chi connectivity index (χ4n) is 3.95. The Kier molecular flexibility index (Phi) is 7.77. The van der Waals surface area contributed by atoms with Crippen molar-refractivity contribution in [3.05, 3.63) is 53.1 Å². The van der Waals surface area contributed by atoms with E-state index in [-0.39, 0.29) is 11.6 Å². The molecule has 4 bridgehead atoms. The molecule has 36 heavy (non-hydrogen) atoms. The minimum atomic E-state index is -4.26. The standard InChI is InChI=1S/C22H28FN4O7PS/c1-13-20(29)33-14(2)24-17-9-10-27(21(30)25-17)19-18(23)22(3,16(11-28)36-19)12-32-35(31,26-13)34-15-7-5-4-6-8-15/h4-10,13-14,16,18-19,28H,11-12H2,1-3H3,(H,26,31)(H,24,25,30)/t13-,14?,16+,18?,19-,22?,35?/m0/s1. The number of benzene rings is 1. The van der Waals surface area contributed by atoms with E-state index in [0.717, 1.165) is 16.3 Å². The molecule has 11 nitrogen and oxygen atoms in total. The lowest BCUT2D eigenvalue weighted by molar-refractivity contribution is -0.148. The second-order valence-corrected chi connectivity index (χ2v) is 11.9. The summed E-state index contributed by atoms with van der Waals surface area (Å²) in [6.07, 6.45) is -1.20. The highest BCUT2D eigenvalue weighted by Gasteiger charge is 2.55. The maximum atomic E-state index is 15.9. The Morgan fingerprint density at radius 1 is 1.31 bits per heavy atom. The molecule has 2 aromatic rings. The first kappa shape index (κ1) is 26.6. The number of thioether (sulfide) groups is 1. The number of ether oxygens (including phenoxy) is 1. The fraction of sp³-hybridized carbons (Fsp3) is 0.500. The van der Waals surface area contributed by atoms with Crippen LogP contribution in [0.5, 0.6) is 5.75 Å². The number of aromatic nitrogens is 2. The van der Waals surface area contributed by atoms with Crippen molar-refractivity contribution in [3.8, 4) is 5.75 Å². The number of halogens is 1. The predicted octanol–water partition coefficient (Wildman–Crippen LogP) is 2.69. The Morgan fingerprint density at radius 3 is 2.69 bits per heavy atom. The van der Waals surface area contributed by atoms with Gasteiger partial charge in [-0.3, -0.25) is 13.9 Å². The van der Waals surface area contributed by atoms with Crippen molar-refractivity contribution < 1.29 is 32.6 Å². The lowest BCUT2D eigenvalue weighted by atomic mass is 9.82. The van der Waals surface area contributed by atoms with Gasteiger partial charge >= 0.3 is 19.4 Å². The smallest absolute Gasteiger partial charge is 0.441 e. The van der Waals surface area contributed by atoms with Crippen molar-refractivity contribution in [2.75, 3.05) is 18.5 Å². The Bertz CT molecular complexity index is 1200. The van der Waals surface area contributed by atoms with E-state index in [9.17, 15) is 19.3 Å². The first-order chi connectivity index (χ1) is 17.0. The van der Waals surface area contributed by atoms with Gasteiger partial charge in [0.25, 0.3) is 0 Å². The molecule has 4 heterocycles. The first-order valence-electron chi connectivity index (χ1n) is 11.3. The van der Waals surface area contributed by atoms with Gasteiger partial charge in [-0.05, 0) is 32.0 Å². The molecule has 196 valence electrons. The fourth-order valence-corrected chi connectivity index (χ4v) is 7.23. The average molecular weight is 543 g/mol. The first-order valence-corrected chi connectivity index (χ1v) is 13.8. The summed E-state index contributed by atoms with van der Waals surface area (Å²) in [5.74, 6) is -0.449. The molecule has 4 unspecified atom stereocenters. The molecular formula is C22H28FN4O7PS. The van der Waals surface area contributed by atoms with E-state index in [2.05, 4.69) is 15.4 Å². The van der Waals surface area contributed by atoms with Gasteiger partial charge in [0.05, 0.1) is 13.2 Å². The molecular weight excluding hydrogens is 514 g/mol. The van der Waals surface area contributed by atoms with Crippen molar-refractivity contribution in [3.63, 3.8) is 0 Å². The number of para-hydroxylation sites is 1. The van der Waals surface area contributed by atoms with Crippen LogP contribution in [-0.2, 0) is 18.6 Å². The number of esters is 1. The van der Waals surface area contributed by atoms with E-state index in [4.69, 9.17) is 13.8 Å². The van der Waals surface area contributed by atoms with Crippen LogP contribution in [0.4, 0.5) is 10.2 Å². The Morgan fingerprint density at radius 2 is 2.03 bits per heavy atom. The van der Waals surface area contributed by atoms with Gasteiger partial charge in [0.1, 0.15) is 29.2 Å². The molecule has 1 aromatic heterocycles. The second-order valence-electron chi connectivity index (χ2n) is 8.86. The van der Waals surface area contributed by atoms with Crippen LogP contribution in [0, 0.1) is 5.41 Å². The third-order valence-electron chi connectivity index (χ3n) is 6.05. The minimum absolute atomic E-state index is 0.130. The SMILES string of the molecule is CC1Nc2ccn(c(=O)n2)[C@H]2S[C@H](CO)C(C)(COP(=O)(Oc3ccccc3)N[C@@H](C)C(=O)O1)C2F. The number of aliphatic hydroxyl groups excluding tert-OH is 1. The van der Waals surface area contributed by atoms with Crippen LogP contribution in [0.15, 0.2) is 47.4 Å². The van der Waals surface area contributed by atoms with Gasteiger partial charge in [0.15, 0.2) is 6.23 Å². The second kappa shape index (κ2) is 10.5. The molecule has 14 heteroatoms. The van der Waals surface area contributed by atoms with E-state index in [1.807, 2.05) is 0 Å². The van der Waals surface area contributed by atoms with E-state index >= 15 is 4.39 Å². The van der Waals surface area contributed by atoms with Gasteiger partial charge in [0.2, 0.25) is 0 Å². The number of fused-ring (bicyclic) bond motifs is 10. The summed E-state index contributed by atoms with van der Waals surface area (Å²) in [6, 6.07) is 8.50. The van der Waals surface area contributed by atoms with Crippen LogP contribution in [0.25, 0.3) is 0 Å². The topological polar surface area (TPSA) is 141 Å². The third kappa shape index (κ3) is 5.45. The lowest BCUT2D eigenvalue weighted by Gasteiger charge is -2.33. The van der Waals surface area contributed by atoms with E-state index in [1.54, 1.807) is 30.3 Å². The molecule has 3 aliphatic heterocycles. The Labute approximate surface area is 211 Å². The number of nitrogens with zero attached hydrogens (tertiary/aromatic N) is 2. The van der Waals surface area contributed by atoms with Crippen molar-refractivity contribution in [1.82, 2.24) is 14.6 Å². The van der Waals surface area contributed by atoms with Gasteiger partial charge in [-0.15, -0.1) is 11.8 Å². The number of aliphatic hydroxyl groups is 1. The number of carbonyl (C=O) groups is 1. The molecule has 7 atom stereocenters. The molecule has 3 aliphatic rings. The summed E-state index contributed by atoms with van der Waals surface area (Å²) in [5.41, 5.74) is -2.09. The van der Waals surface area contributed by atoms with Gasteiger partial charge in [0, 0.05) is 16.9 Å². The van der Waals surface area contributed by atoms with Crippen molar-refractivity contribution >= 4 is 31.3 Å². The Hall–Kier alpha value is -2.44. The van der Waals surface area contributed by atoms with E-state index < -0.39 is 67.1 Å². The summed E-state index contributed by atoms with van der Waals surface area (Å²) in [5, 5.41) is 13.7. The number of hydrogen-bond donors (Lipinski definition) is 3. The number of hydrogen-bond acceptors (Lipinski definition) is 10. The van der Waals surface area contributed by atoms with Crippen LogP contribution >= 0.6 is 19.5 Å². The largest absolute Gasteiger partial charge is 0.459 e. The third-order valence-corrected chi connectivity index (χ3v) is 9.44. The molecule has 1 aromatic carbocycles. The van der Waals surface area contributed by atoms with Crippen molar-refractivity contribution in [1.29, 1.82) is 0 Å². The number of carbonyl (C=O) groups excluding carboxylic acids is 1. The van der Waals surface area contributed by atoms with Gasteiger partial charge in [-0.25, -0.2) is 13.8 Å².